The summed E-state index contributed by atoms with van der Waals surface area (Å²) in [7, 11) is 1.57. The third kappa shape index (κ3) is 2.60. The van der Waals surface area contributed by atoms with Gasteiger partial charge in [0, 0.05) is 35.7 Å². The molecule has 0 atom stereocenters. The minimum atomic E-state index is -0.170. The summed E-state index contributed by atoms with van der Waals surface area (Å²) in [6, 6.07) is 7.31. The molecule has 1 amide bonds. The van der Waals surface area contributed by atoms with Gasteiger partial charge in [-0.05, 0) is 32.0 Å². The molecule has 0 radical (unpaired) electrons. The van der Waals surface area contributed by atoms with Crippen molar-refractivity contribution in [3.05, 3.63) is 35.7 Å². The first-order valence-corrected chi connectivity index (χ1v) is 8.00. The Bertz CT molecular complexity index is 764. The molecule has 0 aliphatic carbocycles. The summed E-state index contributed by atoms with van der Waals surface area (Å²) < 4.78 is 10.5. The first kappa shape index (κ1) is 16.6. The highest BCUT2D eigenvalue weighted by atomic mass is 16.5. The molecule has 1 aromatic carbocycles. The molecule has 1 saturated heterocycles. The molecule has 1 aromatic heterocycles. The van der Waals surface area contributed by atoms with Gasteiger partial charge in [0.05, 0.1) is 0 Å². The van der Waals surface area contributed by atoms with Crippen LogP contribution in [0.3, 0.4) is 0 Å². The van der Waals surface area contributed by atoms with Crippen molar-refractivity contribution < 1.29 is 13.9 Å². The van der Waals surface area contributed by atoms with Crippen molar-refractivity contribution in [1.82, 2.24) is 15.1 Å². The molecule has 0 unspecified atom stereocenters. The third-order valence-electron chi connectivity index (χ3n) is 5.22. The van der Waals surface area contributed by atoms with E-state index < -0.39 is 0 Å². The lowest BCUT2D eigenvalue weighted by Gasteiger charge is -2.61. The van der Waals surface area contributed by atoms with Gasteiger partial charge in [-0.25, -0.2) is 0 Å². The van der Waals surface area contributed by atoms with Crippen LogP contribution >= 0.6 is 0 Å². The van der Waals surface area contributed by atoms with Gasteiger partial charge in [-0.2, -0.15) is 0 Å². The largest absolute Gasteiger partial charge is 0.418 e. The van der Waals surface area contributed by atoms with E-state index in [1.165, 1.54) is 0 Å². The molecular weight excluding hydrogens is 306 g/mol. The molecule has 24 heavy (non-hydrogen) atoms. The molecule has 1 fully saturated rings. The summed E-state index contributed by atoms with van der Waals surface area (Å²) in [4.78, 5) is 14.8. The maximum absolute atomic E-state index is 12.9. The van der Waals surface area contributed by atoms with E-state index in [-0.39, 0.29) is 23.5 Å². The Kier molecular flexibility index (Phi) is 3.95. The minimum Gasteiger partial charge on any atom is -0.418 e. The number of amides is 1. The predicted molar refractivity (Wildman–Crippen MR) is 89.3 cm³/mol. The number of ether oxygens (including phenoxy) is 1. The number of likely N-dealkylation sites (tertiary alicyclic amines) is 1. The number of benzene rings is 1. The van der Waals surface area contributed by atoms with E-state index in [4.69, 9.17) is 9.15 Å². The molecule has 1 aliphatic rings. The van der Waals surface area contributed by atoms with Gasteiger partial charge < -0.3 is 14.1 Å². The Morgan fingerprint density at radius 3 is 2.67 bits per heavy atom. The smallest absolute Gasteiger partial charge is 0.254 e. The fraction of sp³-hybridized carbons (Fsp3) is 0.500. The first-order chi connectivity index (χ1) is 11.3. The van der Waals surface area contributed by atoms with Crippen molar-refractivity contribution in [3.8, 4) is 11.5 Å². The van der Waals surface area contributed by atoms with Crippen LogP contribution in [0.1, 0.15) is 43.9 Å². The van der Waals surface area contributed by atoms with Gasteiger partial charge in [-0.3, -0.25) is 4.79 Å². The quantitative estimate of drug-likeness (QED) is 0.862. The normalized spacial score (nSPS) is 18.3. The molecule has 2 heterocycles. The van der Waals surface area contributed by atoms with Crippen molar-refractivity contribution in [1.29, 1.82) is 0 Å². The average Bonchev–Trinajstić information content (AvgIpc) is 3.01. The van der Waals surface area contributed by atoms with E-state index in [2.05, 4.69) is 37.9 Å². The van der Waals surface area contributed by atoms with Crippen LogP contribution in [-0.4, -0.2) is 40.2 Å². The van der Waals surface area contributed by atoms with Crippen LogP contribution < -0.4 is 0 Å². The van der Waals surface area contributed by atoms with Crippen molar-refractivity contribution in [3.63, 3.8) is 0 Å². The molecule has 0 bridgehead atoms. The van der Waals surface area contributed by atoms with Gasteiger partial charge in [-0.1, -0.05) is 19.9 Å². The lowest BCUT2D eigenvalue weighted by atomic mass is 9.65. The topological polar surface area (TPSA) is 68.5 Å². The number of carbonyl (C=O) groups excluding carboxylic acids is 1. The maximum atomic E-state index is 12.9. The molecule has 0 saturated carbocycles. The van der Waals surface area contributed by atoms with E-state index in [1.54, 1.807) is 13.2 Å². The molecule has 128 valence electrons. The summed E-state index contributed by atoms with van der Waals surface area (Å²) in [5.74, 6) is 0.826. The number of carbonyl (C=O) groups is 1. The number of aromatic nitrogens is 2. The zero-order valence-corrected chi connectivity index (χ0v) is 14.8. The summed E-state index contributed by atoms with van der Waals surface area (Å²) in [5, 5.41) is 7.94. The molecule has 2 aromatic rings. The minimum absolute atomic E-state index is 0.0257. The summed E-state index contributed by atoms with van der Waals surface area (Å²) in [5.41, 5.74) is 1.30. The zero-order chi connectivity index (χ0) is 17.5. The van der Waals surface area contributed by atoms with Gasteiger partial charge in [0.15, 0.2) is 0 Å². The van der Waals surface area contributed by atoms with Crippen molar-refractivity contribution >= 4 is 5.91 Å². The highest BCUT2D eigenvalue weighted by Gasteiger charge is 2.54. The molecule has 3 rings (SSSR count). The second kappa shape index (κ2) is 5.70. The number of nitrogens with zero attached hydrogens (tertiary/aromatic N) is 3. The fourth-order valence-electron chi connectivity index (χ4n) is 2.88. The standard InChI is InChI=1S/C18H23N3O3/c1-17(2)11-21(18(17,3)4)16(22)13-8-6-7-12(9-13)15-20-19-14(24-15)10-23-5/h6-9H,10-11H2,1-5H3. The lowest BCUT2D eigenvalue weighted by Crippen LogP contribution is -2.70. The van der Waals surface area contributed by atoms with E-state index in [1.807, 2.05) is 23.1 Å². The molecular formula is C18H23N3O3. The number of methoxy groups -OCH3 is 1. The van der Waals surface area contributed by atoms with Crippen molar-refractivity contribution in [2.45, 2.75) is 39.8 Å². The number of hydrogen-bond acceptors (Lipinski definition) is 5. The van der Waals surface area contributed by atoms with Crippen LogP contribution in [0, 0.1) is 5.41 Å². The Labute approximate surface area is 141 Å². The zero-order valence-electron chi connectivity index (χ0n) is 14.8. The Hall–Kier alpha value is -2.21. The fourth-order valence-corrected chi connectivity index (χ4v) is 2.88. The summed E-state index contributed by atoms with van der Waals surface area (Å²) in [6.07, 6.45) is 0. The Morgan fingerprint density at radius 2 is 2.04 bits per heavy atom. The molecule has 0 N–H and O–H groups in total. The van der Waals surface area contributed by atoms with Gasteiger partial charge in [0.2, 0.25) is 11.8 Å². The van der Waals surface area contributed by atoms with Crippen LogP contribution in [0.25, 0.3) is 11.5 Å². The van der Waals surface area contributed by atoms with E-state index in [9.17, 15) is 4.79 Å². The predicted octanol–water partition coefficient (Wildman–Crippen LogP) is 3.14. The first-order valence-electron chi connectivity index (χ1n) is 8.00. The second-order valence-electron chi connectivity index (χ2n) is 7.35. The molecule has 6 heteroatoms. The van der Waals surface area contributed by atoms with E-state index in [0.29, 0.717) is 17.3 Å². The molecule has 6 nitrogen and oxygen atoms in total. The third-order valence-corrected chi connectivity index (χ3v) is 5.22. The highest BCUT2D eigenvalue weighted by Crippen LogP contribution is 2.46. The van der Waals surface area contributed by atoms with Gasteiger partial charge in [-0.15, -0.1) is 10.2 Å². The second-order valence-corrected chi connectivity index (χ2v) is 7.35. The summed E-state index contributed by atoms with van der Waals surface area (Å²) >= 11 is 0. The number of hydrogen-bond donors (Lipinski definition) is 0. The van der Waals surface area contributed by atoms with Crippen LogP contribution in [0.2, 0.25) is 0 Å². The Morgan fingerprint density at radius 1 is 1.29 bits per heavy atom. The SMILES string of the molecule is COCc1nnc(-c2cccc(C(=O)N3CC(C)(C)C3(C)C)c2)o1. The van der Waals surface area contributed by atoms with Crippen LogP contribution in [0.15, 0.2) is 28.7 Å². The van der Waals surface area contributed by atoms with E-state index in [0.717, 1.165) is 12.1 Å². The van der Waals surface area contributed by atoms with Gasteiger partial charge >= 0.3 is 0 Å². The summed E-state index contributed by atoms with van der Waals surface area (Å²) in [6.45, 7) is 9.59. The molecule has 0 spiro atoms. The van der Waals surface area contributed by atoms with Crippen LogP contribution in [-0.2, 0) is 11.3 Å². The highest BCUT2D eigenvalue weighted by molar-refractivity contribution is 5.96. The monoisotopic (exact) mass is 329 g/mol. The van der Waals surface area contributed by atoms with Gasteiger partial charge in [0.25, 0.3) is 5.91 Å². The number of rotatable bonds is 4. The maximum Gasteiger partial charge on any atom is 0.254 e. The van der Waals surface area contributed by atoms with Crippen molar-refractivity contribution in [2.24, 2.45) is 5.41 Å². The lowest BCUT2D eigenvalue weighted by molar-refractivity contribution is -0.0881. The average molecular weight is 329 g/mol. The Balaban J connectivity index is 1.84. The van der Waals surface area contributed by atoms with Crippen LogP contribution in [0.4, 0.5) is 0 Å². The van der Waals surface area contributed by atoms with E-state index >= 15 is 0 Å². The van der Waals surface area contributed by atoms with Gasteiger partial charge in [0.1, 0.15) is 6.61 Å². The van der Waals surface area contributed by atoms with Crippen LogP contribution in [0.5, 0.6) is 0 Å². The van der Waals surface area contributed by atoms with Crippen molar-refractivity contribution in [2.75, 3.05) is 13.7 Å². The molecule has 1 aliphatic heterocycles.